The SMILES string of the molecule is COc1ccc(C(OC[C@H]2O[C@@H](n3cnc4c(=O)[nH]c(NCCCNCCCCNCCCN)nc43)C[C@@H]2O)(c2ccccc2)c2ccc(OC)cc2)cc1. The van der Waals surface area contributed by atoms with Gasteiger partial charge in [0.2, 0.25) is 5.95 Å². The summed E-state index contributed by atoms with van der Waals surface area (Å²) in [6.45, 7) is 5.17. The lowest BCUT2D eigenvalue weighted by Crippen LogP contribution is -2.38. The van der Waals surface area contributed by atoms with Crippen LogP contribution in [-0.2, 0) is 15.1 Å². The van der Waals surface area contributed by atoms with Crippen molar-refractivity contribution in [3.05, 3.63) is 112 Å². The highest BCUT2D eigenvalue weighted by Gasteiger charge is 2.42. The van der Waals surface area contributed by atoms with Crippen LogP contribution in [0.15, 0.2) is 90.0 Å². The summed E-state index contributed by atoms with van der Waals surface area (Å²) in [7, 11) is 3.27. The number of benzene rings is 3. The molecule has 1 aliphatic heterocycles. The zero-order valence-corrected chi connectivity index (χ0v) is 31.7. The molecule has 5 aromatic rings. The molecular formula is C41H54N8O6. The van der Waals surface area contributed by atoms with Crippen LogP contribution in [0.1, 0.15) is 55.0 Å². The molecule has 1 fully saturated rings. The van der Waals surface area contributed by atoms with Crippen molar-refractivity contribution in [3.8, 4) is 11.5 Å². The van der Waals surface area contributed by atoms with Crippen molar-refractivity contribution in [2.24, 2.45) is 5.73 Å². The molecule has 7 N–H and O–H groups in total. The number of aliphatic hydroxyl groups is 1. The second kappa shape index (κ2) is 19.7. The predicted molar refractivity (Wildman–Crippen MR) is 213 cm³/mol. The number of nitrogens with two attached hydrogens (primary N) is 1. The van der Waals surface area contributed by atoms with E-state index in [0.717, 1.165) is 86.6 Å². The van der Waals surface area contributed by atoms with E-state index in [4.69, 9.17) is 29.7 Å². The molecule has 3 atom stereocenters. The first-order valence-electron chi connectivity index (χ1n) is 19.1. The Morgan fingerprint density at radius 2 is 1.45 bits per heavy atom. The van der Waals surface area contributed by atoms with Gasteiger partial charge in [0.25, 0.3) is 5.56 Å². The number of anilines is 1. The predicted octanol–water partition coefficient (Wildman–Crippen LogP) is 3.90. The number of imidazole rings is 1. The third kappa shape index (κ3) is 9.71. The fourth-order valence-corrected chi connectivity index (χ4v) is 6.94. The van der Waals surface area contributed by atoms with Crippen molar-refractivity contribution in [3.63, 3.8) is 0 Å². The number of ether oxygens (including phenoxy) is 4. The van der Waals surface area contributed by atoms with Crippen LogP contribution in [0.2, 0.25) is 0 Å². The molecule has 2 aromatic heterocycles. The molecule has 3 aromatic carbocycles. The quantitative estimate of drug-likeness (QED) is 0.0444. The largest absolute Gasteiger partial charge is 0.497 e. The lowest BCUT2D eigenvalue weighted by Gasteiger charge is -2.37. The molecule has 0 spiro atoms. The zero-order chi connectivity index (χ0) is 38.5. The Morgan fingerprint density at radius 1 is 0.855 bits per heavy atom. The first-order chi connectivity index (χ1) is 27.0. The number of methoxy groups -OCH3 is 2. The van der Waals surface area contributed by atoms with Gasteiger partial charge in [-0.15, -0.1) is 0 Å². The van der Waals surface area contributed by atoms with Gasteiger partial charge in [0, 0.05) is 13.0 Å². The van der Waals surface area contributed by atoms with Gasteiger partial charge in [-0.05, 0) is 99.4 Å². The van der Waals surface area contributed by atoms with Gasteiger partial charge in [0.15, 0.2) is 11.2 Å². The van der Waals surface area contributed by atoms with E-state index < -0.39 is 24.0 Å². The molecule has 0 radical (unpaired) electrons. The monoisotopic (exact) mass is 754 g/mol. The van der Waals surface area contributed by atoms with E-state index in [1.165, 1.54) is 6.33 Å². The van der Waals surface area contributed by atoms with E-state index >= 15 is 0 Å². The highest BCUT2D eigenvalue weighted by Crippen LogP contribution is 2.43. The average Bonchev–Trinajstić information content (AvgIpc) is 3.82. The Kier molecular flexibility index (Phi) is 14.2. The van der Waals surface area contributed by atoms with E-state index in [1.807, 2.05) is 78.9 Å². The number of hydrogen-bond acceptors (Lipinski definition) is 12. The van der Waals surface area contributed by atoms with Gasteiger partial charge in [-0.3, -0.25) is 14.3 Å². The number of unbranched alkanes of at least 4 members (excludes halogenated alkanes) is 1. The minimum atomic E-state index is -1.07. The standard InChI is InChI=1S/C41H54N8O6/c1-52-32-16-12-30(13-17-32)41(29-10-4-3-5-11-29,31-14-18-33(53-2)19-15-31)54-27-35-34(50)26-36(55-35)49-28-46-37-38(49)47-40(48-39(37)51)45-25-9-24-44-22-7-6-21-43-23-8-20-42/h3-5,10-19,28,34-36,43-44,50H,6-9,20-27,42H2,1-2H3,(H2,45,47,48,51)/t34-,35+,36+/m0/s1. The third-order valence-corrected chi connectivity index (χ3v) is 9.92. The van der Waals surface area contributed by atoms with Gasteiger partial charge in [0.1, 0.15) is 29.4 Å². The molecule has 0 saturated carbocycles. The maximum absolute atomic E-state index is 13.0. The van der Waals surface area contributed by atoms with Gasteiger partial charge < -0.3 is 45.7 Å². The fraction of sp³-hybridized carbons (Fsp3) is 0.439. The van der Waals surface area contributed by atoms with Crippen molar-refractivity contribution >= 4 is 17.1 Å². The fourth-order valence-electron chi connectivity index (χ4n) is 6.94. The summed E-state index contributed by atoms with van der Waals surface area (Å²) in [5.74, 6) is 1.79. The first-order valence-corrected chi connectivity index (χ1v) is 19.1. The average molecular weight is 755 g/mol. The zero-order valence-electron chi connectivity index (χ0n) is 31.7. The third-order valence-electron chi connectivity index (χ3n) is 9.92. The Hall–Kier alpha value is -4.83. The molecule has 294 valence electrons. The number of nitrogens with zero attached hydrogens (tertiary/aromatic N) is 3. The van der Waals surface area contributed by atoms with Crippen LogP contribution in [0.4, 0.5) is 5.95 Å². The Labute approximate surface area is 321 Å². The molecule has 0 unspecified atom stereocenters. The minimum absolute atomic E-state index is 0.0534. The topological polar surface area (TPSA) is 183 Å². The summed E-state index contributed by atoms with van der Waals surface area (Å²) in [6, 6.07) is 25.5. The highest BCUT2D eigenvalue weighted by molar-refractivity contribution is 5.71. The summed E-state index contributed by atoms with van der Waals surface area (Å²) in [5.41, 5.74) is 7.31. The van der Waals surface area contributed by atoms with E-state index in [2.05, 4.69) is 25.9 Å². The van der Waals surface area contributed by atoms with Crippen molar-refractivity contribution in [1.29, 1.82) is 0 Å². The van der Waals surface area contributed by atoms with Crippen molar-refractivity contribution in [2.45, 2.75) is 56.1 Å². The van der Waals surface area contributed by atoms with Crippen molar-refractivity contribution in [2.75, 3.05) is 65.4 Å². The van der Waals surface area contributed by atoms with Crippen molar-refractivity contribution < 1.29 is 24.1 Å². The minimum Gasteiger partial charge on any atom is -0.497 e. The molecule has 14 heteroatoms. The number of fused-ring (bicyclic) bond motifs is 1. The van der Waals surface area contributed by atoms with Crippen LogP contribution in [0.25, 0.3) is 11.2 Å². The number of H-pyrrole nitrogens is 1. The second-order valence-corrected chi connectivity index (χ2v) is 13.6. The molecule has 0 amide bonds. The first kappa shape index (κ1) is 39.9. The summed E-state index contributed by atoms with van der Waals surface area (Å²) >= 11 is 0. The maximum Gasteiger partial charge on any atom is 0.280 e. The number of hydrogen-bond donors (Lipinski definition) is 6. The normalized spacial score (nSPS) is 17.1. The molecule has 55 heavy (non-hydrogen) atoms. The van der Waals surface area contributed by atoms with Crippen LogP contribution in [0.5, 0.6) is 11.5 Å². The summed E-state index contributed by atoms with van der Waals surface area (Å²) in [4.78, 5) is 24.9. The molecule has 6 rings (SSSR count). The van der Waals surface area contributed by atoms with E-state index in [-0.39, 0.29) is 24.1 Å². The number of nitrogens with one attached hydrogen (secondary N) is 4. The molecule has 0 aliphatic carbocycles. The van der Waals surface area contributed by atoms with Gasteiger partial charge in [0.05, 0.1) is 33.3 Å². The molecule has 0 bridgehead atoms. The molecule has 1 aliphatic rings. The second-order valence-electron chi connectivity index (χ2n) is 13.6. The Morgan fingerprint density at radius 3 is 2.07 bits per heavy atom. The maximum atomic E-state index is 13.0. The summed E-state index contributed by atoms with van der Waals surface area (Å²) in [6.07, 6.45) is 3.70. The van der Waals surface area contributed by atoms with Gasteiger partial charge in [-0.25, -0.2) is 4.98 Å². The van der Waals surface area contributed by atoms with E-state index in [0.29, 0.717) is 18.1 Å². The van der Waals surface area contributed by atoms with Gasteiger partial charge in [-0.1, -0.05) is 54.6 Å². The van der Waals surface area contributed by atoms with E-state index in [9.17, 15) is 9.90 Å². The van der Waals surface area contributed by atoms with Crippen LogP contribution in [-0.4, -0.2) is 96.9 Å². The van der Waals surface area contributed by atoms with Crippen LogP contribution < -0.4 is 36.7 Å². The molecular weight excluding hydrogens is 701 g/mol. The Bertz CT molecular complexity index is 1910. The van der Waals surface area contributed by atoms with Crippen LogP contribution >= 0.6 is 0 Å². The summed E-state index contributed by atoms with van der Waals surface area (Å²) in [5, 5.41) is 21.5. The smallest absolute Gasteiger partial charge is 0.280 e. The van der Waals surface area contributed by atoms with Crippen LogP contribution in [0.3, 0.4) is 0 Å². The number of aliphatic hydroxyl groups excluding tert-OH is 1. The summed E-state index contributed by atoms with van der Waals surface area (Å²) < 4.78 is 26.1. The lowest BCUT2D eigenvalue weighted by molar-refractivity contribution is -0.0931. The molecule has 3 heterocycles. The van der Waals surface area contributed by atoms with E-state index in [1.54, 1.807) is 18.8 Å². The molecule has 14 nitrogen and oxygen atoms in total. The highest BCUT2D eigenvalue weighted by atomic mass is 16.6. The number of aromatic amines is 1. The van der Waals surface area contributed by atoms with Gasteiger partial charge >= 0.3 is 0 Å². The van der Waals surface area contributed by atoms with Crippen LogP contribution in [0, 0.1) is 0 Å². The van der Waals surface area contributed by atoms with Gasteiger partial charge in [-0.2, -0.15) is 4.98 Å². The Balaban J connectivity index is 1.13. The van der Waals surface area contributed by atoms with Crippen molar-refractivity contribution in [1.82, 2.24) is 30.2 Å². The lowest BCUT2D eigenvalue weighted by atomic mass is 9.80. The molecule has 1 saturated heterocycles. The number of aromatic nitrogens is 4. The number of rotatable bonds is 22.